The first-order chi connectivity index (χ1) is 17.6. The van der Waals surface area contributed by atoms with Crippen molar-refractivity contribution in [1.82, 2.24) is 0 Å². The summed E-state index contributed by atoms with van der Waals surface area (Å²) in [5, 5.41) is 0. The van der Waals surface area contributed by atoms with E-state index < -0.39 is 0 Å². The molecule has 0 radical (unpaired) electrons. The maximum absolute atomic E-state index is 2.39. The molecule has 2 heterocycles. The molecule has 0 fully saturated rings. The predicted octanol–water partition coefficient (Wildman–Crippen LogP) is 9.01. The van der Waals surface area contributed by atoms with Crippen molar-refractivity contribution in [3.8, 4) is 0 Å². The van der Waals surface area contributed by atoms with E-state index in [1.165, 1.54) is 57.1 Å². The van der Waals surface area contributed by atoms with E-state index in [4.69, 9.17) is 0 Å². The molecular formula is C35H45N2+. The number of benzene rings is 2. The third kappa shape index (κ3) is 4.56. The molecule has 2 nitrogen and oxygen atoms in total. The summed E-state index contributed by atoms with van der Waals surface area (Å²) < 4.78 is 2.36. The van der Waals surface area contributed by atoms with Gasteiger partial charge in [-0.3, -0.25) is 0 Å². The number of fused-ring (bicyclic) bond motifs is 2. The molecule has 2 heteroatoms. The Kier molecular flexibility index (Phi) is 7.51. The lowest BCUT2D eigenvalue weighted by Gasteiger charge is -2.24. The van der Waals surface area contributed by atoms with Crippen LogP contribution >= 0.6 is 0 Å². The first-order valence-electron chi connectivity index (χ1n) is 14.0. The van der Waals surface area contributed by atoms with Gasteiger partial charge in [-0.15, -0.1) is 0 Å². The van der Waals surface area contributed by atoms with Gasteiger partial charge in [-0.2, -0.15) is 4.58 Å². The van der Waals surface area contributed by atoms with Crippen LogP contribution in [-0.2, 0) is 10.8 Å². The van der Waals surface area contributed by atoms with Gasteiger partial charge in [-0.1, -0.05) is 76.2 Å². The molecule has 0 aromatic heterocycles. The number of hydrogen-bond donors (Lipinski definition) is 0. The van der Waals surface area contributed by atoms with Crippen molar-refractivity contribution in [2.75, 3.05) is 19.0 Å². The molecule has 0 atom stereocenters. The van der Waals surface area contributed by atoms with Gasteiger partial charge in [0.25, 0.3) is 0 Å². The quantitative estimate of drug-likeness (QED) is 0.387. The summed E-state index contributed by atoms with van der Waals surface area (Å²) >= 11 is 0. The summed E-state index contributed by atoms with van der Waals surface area (Å²) in [5.41, 5.74) is 12.6. The van der Waals surface area contributed by atoms with Gasteiger partial charge in [-0.25, -0.2) is 0 Å². The minimum atomic E-state index is 0.0156. The normalized spacial score (nSPS) is 22.0. The average molecular weight is 494 g/mol. The molecule has 0 spiro atoms. The highest BCUT2D eigenvalue weighted by Crippen LogP contribution is 2.47. The fourth-order valence-corrected chi connectivity index (χ4v) is 6.43. The van der Waals surface area contributed by atoms with Gasteiger partial charge in [0.05, 0.1) is 5.41 Å². The van der Waals surface area contributed by atoms with Gasteiger partial charge in [0.1, 0.15) is 7.05 Å². The van der Waals surface area contributed by atoms with Crippen LogP contribution in [0.3, 0.4) is 0 Å². The fourth-order valence-electron chi connectivity index (χ4n) is 6.43. The fraction of sp³-hybridized carbons (Fsp3) is 0.400. The molecule has 0 bridgehead atoms. The summed E-state index contributed by atoms with van der Waals surface area (Å²) in [6.07, 6.45) is 13.0. The minimum absolute atomic E-state index is 0.0156. The van der Waals surface area contributed by atoms with E-state index >= 15 is 0 Å². The van der Waals surface area contributed by atoms with Gasteiger partial charge in [-0.05, 0) is 74.5 Å². The zero-order valence-corrected chi connectivity index (χ0v) is 24.4. The van der Waals surface area contributed by atoms with Crippen LogP contribution in [0.2, 0.25) is 0 Å². The molecular weight excluding hydrogens is 448 g/mol. The van der Waals surface area contributed by atoms with Crippen LogP contribution in [0, 0.1) is 0 Å². The highest BCUT2D eigenvalue weighted by atomic mass is 15.2. The van der Waals surface area contributed by atoms with Crippen LogP contribution in [0.4, 0.5) is 11.4 Å². The van der Waals surface area contributed by atoms with E-state index in [-0.39, 0.29) is 10.8 Å². The van der Waals surface area contributed by atoms with Crippen LogP contribution in [0.25, 0.3) is 0 Å². The van der Waals surface area contributed by atoms with Crippen molar-refractivity contribution in [2.24, 2.45) is 0 Å². The predicted molar refractivity (Wildman–Crippen MR) is 161 cm³/mol. The second-order valence-corrected chi connectivity index (χ2v) is 11.4. The molecule has 5 rings (SSSR count). The number of anilines is 1. The zero-order chi connectivity index (χ0) is 27.0. The van der Waals surface area contributed by atoms with Crippen LogP contribution < -0.4 is 4.90 Å². The second-order valence-electron chi connectivity index (χ2n) is 11.4. The van der Waals surface area contributed by atoms with Crippen molar-refractivity contribution in [2.45, 2.75) is 78.6 Å². The van der Waals surface area contributed by atoms with Crippen LogP contribution in [0.5, 0.6) is 0 Å². The second kappa shape index (κ2) is 10.3. The van der Waals surface area contributed by atoms with E-state index in [1.54, 1.807) is 0 Å². The smallest absolute Gasteiger partial charge is 0.209 e. The highest BCUT2D eigenvalue weighted by molar-refractivity contribution is 6.03. The highest BCUT2D eigenvalue weighted by Gasteiger charge is 2.42. The molecule has 0 saturated carbocycles. The number of nitrogens with zero attached hydrogens (tertiary/aromatic N) is 2. The first-order valence-corrected chi connectivity index (χ1v) is 14.0. The lowest BCUT2D eigenvalue weighted by atomic mass is 9.80. The molecule has 0 amide bonds. The van der Waals surface area contributed by atoms with Gasteiger partial charge in [0.15, 0.2) is 5.71 Å². The first kappa shape index (κ1) is 26.9. The topological polar surface area (TPSA) is 6.25 Å². The lowest BCUT2D eigenvalue weighted by molar-refractivity contribution is -0.401. The molecule has 37 heavy (non-hydrogen) atoms. The van der Waals surface area contributed by atoms with Crippen LogP contribution in [-0.4, -0.2) is 24.4 Å². The number of allylic oxidation sites excluding steroid dienone is 8. The minimum Gasteiger partial charge on any atom is -0.347 e. The Balaban J connectivity index is 0.00000156. The number of rotatable bonds is 3. The Bertz CT molecular complexity index is 1340. The van der Waals surface area contributed by atoms with Gasteiger partial charge < -0.3 is 4.90 Å². The van der Waals surface area contributed by atoms with E-state index in [9.17, 15) is 0 Å². The van der Waals surface area contributed by atoms with Gasteiger partial charge in [0, 0.05) is 41.6 Å². The van der Waals surface area contributed by atoms with E-state index in [1.807, 2.05) is 13.8 Å². The average Bonchev–Trinajstić information content (AvgIpc) is 3.22. The van der Waals surface area contributed by atoms with Crippen molar-refractivity contribution >= 4 is 17.1 Å². The number of hydrogen-bond acceptors (Lipinski definition) is 1. The van der Waals surface area contributed by atoms with Crippen LogP contribution in [0.1, 0.15) is 78.9 Å². The molecule has 3 aliphatic rings. The summed E-state index contributed by atoms with van der Waals surface area (Å²) in [6.45, 7) is 15.7. The Labute approximate surface area is 225 Å². The standard InChI is InChI=1S/C33H39N2.C2H6/c1-23-24(19-21-30-32(2,3)26-15-8-10-17-28(26)34(30)6)13-12-14-25(23)20-22-31-33(4,5)27-16-9-11-18-29(27)35(31)7;1-2/h8-11,15-22H,12-14H2,1-7H3;1-2H3/q+1;. The largest absolute Gasteiger partial charge is 0.347 e. The Morgan fingerprint density at radius 3 is 2.14 bits per heavy atom. The molecule has 194 valence electrons. The third-order valence-electron chi connectivity index (χ3n) is 8.62. The molecule has 0 unspecified atom stereocenters. The van der Waals surface area contributed by atoms with Crippen molar-refractivity contribution in [3.05, 3.63) is 106 Å². The molecule has 2 aromatic carbocycles. The van der Waals surface area contributed by atoms with E-state index in [2.05, 4.69) is 131 Å². The third-order valence-corrected chi connectivity index (χ3v) is 8.62. The van der Waals surface area contributed by atoms with E-state index in [0.29, 0.717) is 0 Å². The SMILES string of the molecule is CC.CC1=C(/C=C/C2=[N+](C)c3ccccc3C2(C)C)CCC/C1=C\C=C1\N(C)c2ccccc2C1(C)C. The van der Waals surface area contributed by atoms with Crippen LogP contribution in [0.15, 0.2) is 95.3 Å². The number of likely N-dealkylation sites (N-methyl/N-ethyl adjacent to an activating group) is 1. The molecule has 2 aromatic rings. The molecule has 0 saturated heterocycles. The van der Waals surface area contributed by atoms with Crippen molar-refractivity contribution < 1.29 is 4.58 Å². The van der Waals surface area contributed by atoms with Gasteiger partial charge in [0.2, 0.25) is 5.69 Å². The summed E-state index contributed by atoms with van der Waals surface area (Å²) in [6, 6.07) is 17.6. The molecule has 2 aliphatic heterocycles. The summed E-state index contributed by atoms with van der Waals surface area (Å²) in [4.78, 5) is 2.36. The molecule has 1 aliphatic carbocycles. The molecule has 0 N–H and O–H groups in total. The van der Waals surface area contributed by atoms with Crippen molar-refractivity contribution in [1.29, 1.82) is 0 Å². The number of para-hydroxylation sites is 2. The lowest BCUT2D eigenvalue weighted by Crippen LogP contribution is -2.26. The Morgan fingerprint density at radius 1 is 0.811 bits per heavy atom. The van der Waals surface area contributed by atoms with Crippen molar-refractivity contribution in [3.63, 3.8) is 0 Å². The Morgan fingerprint density at radius 2 is 1.46 bits per heavy atom. The monoisotopic (exact) mass is 493 g/mol. The van der Waals surface area contributed by atoms with Gasteiger partial charge >= 0.3 is 0 Å². The maximum atomic E-state index is 2.39. The summed E-state index contributed by atoms with van der Waals surface area (Å²) in [7, 11) is 4.40. The maximum Gasteiger partial charge on any atom is 0.209 e. The summed E-state index contributed by atoms with van der Waals surface area (Å²) in [5.74, 6) is 0. The Hall–Kier alpha value is -3.13. The van der Waals surface area contributed by atoms with E-state index in [0.717, 1.165) is 12.8 Å². The zero-order valence-electron chi connectivity index (χ0n) is 24.4.